The lowest BCUT2D eigenvalue weighted by Gasteiger charge is -2.24. The third kappa shape index (κ3) is 3.99. The highest BCUT2D eigenvalue weighted by molar-refractivity contribution is 7.90. The van der Waals surface area contributed by atoms with E-state index >= 15 is 0 Å². The van der Waals surface area contributed by atoms with Crippen LogP contribution in [0.4, 0.5) is 13.2 Å². The molecule has 2 aliphatic rings. The summed E-state index contributed by atoms with van der Waals surface area (Å²) in [6, 6.07) is 1.82. The largest absolute Gasteiger partial charge is 0.306 e. The molecule has 1 aliphatic heterocycles. The smallest absolute Gasteiger partial charge is 0.277 e. The molecular formula is C14H17Cl2F3N2O2S. The van der Waals surface area contributed by atoms with Gasteiger partial charge in [-0.2, -0.15) is 0 Å². The van der Waals surface area contributed by atoms with Crippen molar-refractivity contribution in [2.75, 3.05) is 6.54 Å². The molecule has 2 N–H and O–H groups in total. The van der Waals surface area contributed by atoms with Gasteiger partial charge in [0.15, 0.2) is 0 Å². The van der Waals surface area contributed by atoms with Crippen molar-refractivity contribution in [1.82, 2.24) is 10.0 Å². The number of halogens is 5. The van der Waals surface area contributed by atoms with Crippen molar-refractivity contribution in [3.8, 4) is 0 Å². The van der Waals surface area contributed by atoms with E-state index in [-0.39, 0.29) is 29.4 Å². The zero-order valence-corrected chi connectivity index (χ0v) is 14.8. The quantitative estimate of drug-likeness (QED) is 0.792. The fourth-order valence-electron chi connectivity index (χ4n) is 2.74. The van der Waals surface area contributed by atoms with Gasteiger partial charge in [-0.1, -0.05) is 23.7 Å². The maximum Gasteiger partial charge on any atom is 0.277 e. The van der Waals surface area contributed by atoms with E-state index in [1.165, 1.54) is 18.2 Å². The van der Waals surface area contributed by atoms with E-state index < -0.39 is 45.6 Å². The van der Waals surface area contributed by atoms with Crippen molar-refractivity contribution in [2.24, 2.45) is 0 Å². The number of hydrogen-bond donors (Lipinski definition) is 2. The van der Waals surface area contributed by atoms with Crippen LogP contribution >= 0.6 is 24.0 Å². The van der Waals surface area contributed by atoms with E-state index in [0.717, 1.165) is 0 Å². The predicted molar refractivity (Wildman–Crippen MR) is 88.0 cm³/mol. The fraction of sp³-hybridized carbons (Fsp3) is 0.571. The lowest BCUT2D eigenvalue weighted by atomic mass is 9.99. The first kappa shape index (κ1) is 19.8. The molecule has 1 heterocycles. The van der Waals surface area contributed by atoms with Crippen LogP contribution in [-0.2, 0) is 16.4 Å². The highest BCUT2D eigenvalue weighted by atomic mass is 35.5. The van der Waals surface area contributed by atoms with Gasteiger partial charge in [-0.15, -0.1) is 12.4 Å². The first-order chi connectivity index (χ1) is 10.7. The number of benzene rings is 1. The fourth-order valence-corrected chi connectivity index (χ4v) is 4.58. The second kappa shape index (κ2) is 6.99. The topological polar surface area (TPSA) is 58.2 Å². The third-order valence-electron chi connectivity index (χ3n) is 4.18. The molecule has 0 amide bonds. The van der Waals surface area contributed by atoms with Gasteiger partial charge in [0.2, 0.25) is 10.0 Å². The molecule has 0 aromatic heterocycles. The average Bonchev–Trinajstić information content (AvgIpc) is 3.27. The molecule has 0 unspecified atom stereocenters. The average molecular weight is 405 g/mol. The van der Waals surface area contributed by atoms with Crippen molar-refractivity contribution in [3.05, 3.63) is 34.6 Å². The van der Waals surface area contributed by atoms with Crippen LogP contribution < -0.4 is 10.0 Å². The summed E-state index contributed by atoms with van der Waals surface area (Å²) in [7, 11) is -3.77. The van der Waals surface area contributed by atoms with Gasteiger partial charge in [0.1, 0.15) is 11.9 Å². The van der Waals surface area contributed by atoms with Crippen LogP contribution in [0.2, 0.25) is 5.02 Å². The van der Waals surface area contributed by atoms with Gasteiger partial charge in [0.25, 0.3) is 5.92 Å². The molecule has 24 heavy (non-hydrogen) atoms. The predicted octanol–water partition coefficient (Wildman–Crippen LogP) is 2.50. The highest BCUT2D eigenvalue weighted by Gasteiger charge is 2.53. The first-order valence-corrected chi connectivity index (χ1v) is 9.18. The van der Waals surface area contributed by atoms with E-state index in [0.29, 0.717) is 12.8 Å². The van der Waals surface area contributed by atoms with Crippen LogP contribution in [0, 0.1) is 5.82 Å². The zero-order valence-electron chi connectivity index (χ0n) is 12.4. The van der Waals surface area contributed by atoms with Crippen molar-refractivity contribution < 1.29 is 21.6 Å². The second-order valence-electron chi connectivity index (χ2n) is 6.01. The summed E-state index contributed by atoms with van der Waals surface area (Å²) in [5.41, 5.74) is 0.170. The molecule has 0 bridgehead atoms. The number of hydrogen-bond acceptors (Lipinski definition) is 3. The van der Waals surface area contributed by atoms with E-state index in [1.54, 1.807) is 0 Å². The molecule has 1 aromatic rings. The van der Waals surface area contributed by atoms with Gasteiger partial charge in [-0.3, -0.25) is 0 Å². The highest BCUT2D eigenvalue weighted by Crippen LogP contribution is 2.33. The molecule has 3 rings (SSSR count). The molecule has 136 valence electrons. The number of sulfonamides is 1. The van der Waals surface area contributed by atoms with E-state index in [4.69, 9.17) is 11.6 Å². The van der Waals surface area contributed by atoms with Crippen LogP contribution in [-0.4, -0.2) is 38.2 Å². The molecule has 1 aliphatic carbocycles. The maximum atomic E-state index is 14.0. The van der Waals surface area contributed by atoms with Gasteiger partial charge in [0, 0.05) is 6.04 Å². The van der Waals surface area contributed by atoms with Gasteiger partial charge in [-0.05, 0) is 30.9 Å². The standard InChI is InChI=1S/C14H16ClF3N2O2S.ClH/c15-10-3-1-2-8(12(10)16)6-11-13(14(17,18)7-19-11)20-23(21,22)9-4-5-9;/h1-3,9,11,13,19-20H,4-7H2;1H/t11-,13+;/m0./s1. The summed E-state index contributed by atoms with van der Waals surface area (Å²) in [5, 5.41) is 1.90. The Hall–Kier alpha value is -0.540. The third-order valence-corrected chi connectivity index (χ3v) is 6.41. The Morgan fingerprint density at radius 3 is 2.62 bits per heavy atom. The Morgan fingerprint density at radius 2 is 2.00 bits per heavy atom. The Labute approximate surface area is 149 Å². The molecule has 10 heteroatoms. The molecule has 2 fully saturated rings. The lowest BCUT2D eigenvalue weighted by Crippen LogP contribution is -2.52. The first-order valence-electron chi connectivity index (χ1n) is 7.26. The summed E-state index contributed by atoms with van der Waals surface area (Å²) >= 11 is 5.69. The lowest BCUT2D eigenvalue weighted by molar-refractivity contribution is -0.000905. The maximum absolute atomic E-state index is 14.0. The minimum atomic E-state index is -3.77. The van der Waals surface area contributed by atoms with E-state index in [2.05, 4.69) is 10.0 Å². The van der Waals surface area contributed by atoms with Gasteiger partial charge < -0.3 is 5.32 Å². The van der Waals surface area contributed by atoms with Crippen LogP contribution in [0.5, 0.6) is 0 Å². The monoisotopic (exact) mass is 404 g/mol. The molecule has 0 spiro atoms. The van der Waals surface area contributed by atoms with Gasteiger partial charge >= 0.3 is 0 Å². The Balaban J connectivity index is 0.00000208. The van der Waals surface area contributed by atoms with Crippen LogP contribution in [0.15, 0.2) is 18.2 Å². The van der Waals surface area contributed by atoms with Gasteiger partial charge in [0.05, 0.1) is 16.8 Å². The summed E-state index contributed by atoms with van der Waals surface area (Å²) in [4.78, 5) is 0. The Kier molecular flexibility index (Phi) is 5.76. The SMILES string of the molecule is Cl.O=S(=O)(N[C@@H]1[C@H](Cc2cccc(Cl)c2F)NCC1(F)F)C1CC1. The van der Waals surface area contributed by atoms with E-state index in [9.17, 15) is 21.6 Å². The Morgan fingerprint density at radius 1 is 1.33 bits per heavy atom. The molecule has 4 nitrogen and oxygen atoms in total. The molecule has 1 saturated heterocycles. The van der Waals surface area contributed by atoms with Crippen molar-refractivity contribution in [3.63, 3.8) is 0 Å². The van der Waals surface area contributed by atoms with Crippen LogP contribution in [0.3, 0.4) is 0 Å². The number of rotatable bonds is 5. The molecule has 2 atom stereocenters. The summed E-state index contributed by atoms with van der Waals surface area (Å²) in [6.45, 7) is -0.655. The zero-order chi connectivity index (χ0) is 16.8. The van der Waals surface area contributed by atoms with E-state index in [1.807, 2.05) is 0 Å². The van der Waals surface area contributed by atoms with Crippen molar-refractivity contribution in [2.45, 2.75) is 42.5 Å². The normalized spacial score (nSPS) is 26.2. The van der Waals surface area contributed by atoms with Crippen LogP contribution in [0.1, 0.15) is 18.4 Å². The molecule has 1 aromatic carbocycles. The van der Waals surface area contributed by atoms with Crippen LogP contribution in [0.25, 0.3) is 0 Å². The minimum Gasteiger partial charge on any atom is -0.306 e. The van der Waals surface area contributed by atoms with Gasteiger partial charge in [-0.25, -0.2) is 26.3 Å². The molecule has 1 saturated carbocycles. The summed E-state index contributed by atoms with van der Waals surface area (Å²) in [5.74, 6) is -3.91. The van der Waals surface area contributed by atoms with Crippen molar-refractivity contribution >= 4 is 34.0 Å². The number of nitrogens with one attached hydrogen (secondary N) is 2. The number of alkyl halides is 2. The van der Waals surface area contributed by atoms with Crippen molar-refractivity contribution in [1.29, 1.82) is 0 Å². The summed E-state index contributed by atoms with van der Waals surface area (Å²) in [6.07, 6.45) is 0.878. The summed E-state index contributed by atoms with van der Waals surface area (Å²) < 4.78 is 68.2. The Bertz CT molecular complexity index is 714. The molecule has 0 radical (unpaired) electrons. The second-order valence-corrected chi connectivity index (χ2v) is 8.40. The minimum absolute atomic E-state index is 0. The molecular weight excluding hydrogens is 388 g/mol.